The molecule has 1 heterocycles. The van der Waals surface area contributed by atoms with Crippen molar-refractivity contribution in [2.75, 3.05) is 5.43 Å². The van der Waals surface area contributed by atoms with E-state index in [9.17, 15) is 4.79 Å². The summed E-state index contributed by atoms with van der Waals surface area (Å²) >= 11 is 12.3. The highest BCUT2D eigenvalue weighted by Gasteiger charge is 2.06. The molecule has 0 bridgehead atoms. The smallest absolute Gasteiger partial charge is 0.363 e. The third-order valence-corrected chi connectivity index (χ3v) is 3.97. The number of ether oxygens (including phenoxy) is 1. The maximum Gasteiger partial charge on any atom is 0.363 e. The lowest BCUT2D eigenvalue weighted by Gasteiger charge is -2.09. The molecule has 0 atom stereocenters. The predicted molar refractivity (Wildman–Crippen MR) is 101 cm³/mol. The van der Waals surface area contributed by atoms with Crippen molar-refractivity contribution < 1.29 is 4.74 Å². The molecule has 0 saturated heterocycles. The zero-order chi connectivity index (χ0) is 18.4. The number of hydrogen-bond donors (Lipinski definition) is 2. The Hall–Kier alpha value is -2.90. The van der Waals surface area contributed by atoms with Crippen molar-refractivity contribution >= 4 is 35.2 Å². The number of rotatable bonds is 6. The van der Waals surface area contributed by atoms with Crippen molar-refractivity contribution in [2.24, 2.45) is 5.10 Å². The number of aromatic nitrogens is 3. The standard InChI is InChI=1S/C17H13Cl2N5O2/c18-14-5-2-6-15(19)13(14)10-26-12-4-1-3-11(7-12)8-20-23-16-9-21-24-17(25)22-16/h1-9H,10H2,(H2,22,23,24,25)/b20-8+. The van der Waals surface area contributed by atoms with E-state index in [0.29, 0.717) is 15.8 Å². The summed E-state index contributed by atoms with van der Waals surface area (Å²) < 4.78 is 5.76. The van der Waals surface area contributed by atoms with E-state index in [2.05, 4.69) is 25.7 Å². The number of halogens is 2. The molecule has 7 nitrogen and oxygen atoms in total. The topological polar surface area (TPSA) is 92.3 Å². The zero-order valence-corrected chi connectivity index (χ0v) is 14.8. The highest BCUT2D eigenvalue weighted by Crippen LogP contribution is 2.26. The molecule has 0 aliphatic carbocycles. The maximum absolute atomic E-state index is 11.0. The molecule has 0 fully saturated rings. The Morgan fingerprint density at radius 2 is 1.96 bits per heavy atom. The Balaban J connectivity index is 1.64. The molecule has 0 unspecified atom stereocenters. The average molecular weight is 390 g/mol. The van der Waals surface area contributed by atoms with Crippen LogP contribution in [0.1, 0.15) is 11.1 Å². The fourth-order valence-electron chi connectivity index (χ4n) is 2.05. The summed E-state index contributed by atoms with van der Waals surface area (Å²) in [5, 5.41) is 10.9. The molecule has 132 valence electrons. The van der Waals surface area contributed by atoms with Gasteiger partial charge in [-0.25, -0.2) is 9.89 Å². The van der Waals surface area contributed by atoms with Crippen LogP contribution >= 0.6 is 23.2 Å². The molecule has 0 amide bonds. The quantitative estimate of drug-likeness (QED) is 0.497. The molecular formula is C17H13Cl2N5O2. The van der Waals surface area contributed by atoms with Crippen molar-refractivity contribution in [3.63, 3.8) is 0 Å². The first-order chi connectivity index (χ1) is 12.6. The van der Waals surface area contributed by atoms with Crippen LogP contribution in [-0.4, -0.2) is 21.4 Å². The van der Waals surface area contributed by atoms with Crippen LogP contribution in [0.2, 0.25) is 10.0 Å². The first-order valence-electron chi connectivity index (χ1n) is 7.48. The molecule has 2 aromatic carbocycles. The van der Waals surface area contributed by atoms with Crippen LogP contribution < -0.4 is 15.9 Å². The van der Waals surface area contributed by atoms with Crippen molar-refractivity contribution in [3.05, 3.63) is 80.3 Å². The van der Waals surface area contributed by atoms with Crippen LogP contribution in [0, 0.1) is 0 Å². The van der Waals surface area contributed by atoms with Gasteiger partial charge in [0.1, 0.15) is 12.4 Å². The van der Waals surface area contributed by atoms with E-state index in [0.717, 1.165) is 11.1 Å². The monoisotopic (exact) mass is 389 g/mol. The normalized spacial score (nSPS) is 10.8. The molecule has 0 spiro atoms. The molecule has 9 heteroatoms. The number of aromatic amines is 1. The van der Waals surface area contributed by atoms with E-state index >= 15 is 0 Å². The molecule has 0 saturated carbocycles. The van der Waals surface area contributed by atoms with Gasteiger partial charge < -0.3 is 4.74 Å². The summed E-state index contributed by atoms with van der Waals surface area (Å²) in [6, 6.07) is 12.6. The second kappa shape index (κ2) is 8.46. The molecule has 26 heavy (non-hydrogen) atoms. The van der Waals surface area contributed by atoms with E-state index in [1.807, 2.05) is 18.2 Å². The molecule has 1 aromatic heterocycles. The van der Waals surface area contributed by atoms with Gasteiger partial charge in [0.15, 0.2) is 5.82 Å². The van der Waals surface area contributed by atoms with Gasteiger partial charge in [-0.2, -0.15) is 15.2 Å². The summed E-state index contributed by atoms with van der Waals surface area (Å²) in [5.41, 5.74) is 3.59. The van der Waals surface area contributed by atoms with Gasteiger partial charge >= 0.3 is 5.69 Å². The van der Waals surface area contributed by atoms with Gasteiger partial charge in [0, 0.05) is 15.6 Å². The van der Waals surface area contributed by atoms with Crippen LogP contribution in [-0.2, 0) is 6.61 Å². The van der Waals surface area contributed by atoms with Crippen molar-refractivity contribution in [1.29, 1.82) is 0 Å². The van der Waals surface area contributed by atoms with Gasteiger partial charge in [-0.05, 0) is 29.8 Å². The minimum absolute atomic E-state index is 0.241. The number of H-pyrrole nitrogens is 1. The van der Waals surface area contributed by atoms with Crippen molar-refractivity contribution in [2.45, 2.75) is 6.61 Å². The fourth-order valence-corrected chi connectivity index (χ4v) is 2.56. The van der Waals surface area contributed by atoms with Gasteiger partial charge in [-0.15, -0.1) is 0 Å². The van der Waals surface area contributed by atoms with Crippen LogP contribution in [0.4, 0.5) is 5.82 Å². The van der Waals surface area contributed by atoms with E-state index < -0.39 is 5.69 Å². The van der Waals surface area contributed by atoms with Crippen LogP contribution in [0.3, 0.4) is 0 Å². The Kier molecular flexibility index (Phi) is 5.83. The molecule has 0 radical (unpaired) electrons. The molecule has 3 aromatic rings. The van der Waals surface area contributed by atoms with Gasteiger partial charge in [0.05, 0.1) is 12.4 Å². The van der Waals surface area contributed by atoms with E-state index in [-0.39, 0.29) is 12.4 Å². The van der Waals surface area contributed by atoms with Crippen LogP contribution in [0.5, 0.6) is 5.75 Å². The highest BCUT2D eigenvalue weighted by atomic mass is 35.5. The number of benzene rings is 2. The Morgan fingerprint density at radius 1 is 1.19 bits per heavy atom. The highest BCUT2D eigenvalue weighted by molar-refractivity contribution is 6.35. The maximum atomic E-state index is 11.0. The third kappa shape index (κ3) is 4.81. The fraction of sp³-hybridized carbons (Fsp3) is 0.0588. The Bertz CT molecular complexity index is 970. The summed E-state index contributed by atoms with van der Waals surface area (Å²) in [5.74, 6) is 0.881. The number of nitrogens with zero attached hydrogens (tertiary/aromatic N) is 3. The summed E-state index contributed by atoms with van der Waals surface area (Å²) in [7, 11) is 0. The van der Waals surface area contributed by atoms with E-state index in [1.54, 1.807) is 30.5 Å². The van der Waals surface area contributed by atoms with Gasteiger partial charge in [0.2, 0.25) is 0 Å². The lowest BCUT2D eigenvalue weighted by Crippen LogP contribution is -2.13. The number of anilines is 1. The first-order valence-corrected chi connectivity index (χ1v) is 8.24. The van der Waals surface area contributed by atoms with E-state index in [4.69, 9.17) is 27.9 Å². The number of hydrazone groups is 1. The Labute approximate surface area is 158 Å². The third-order valence-electron chi connectivity index (χ3n) is 3.26. The van der Waals surface area contributed by atoms with Crippen LogP contribution in [0.25, 0.3) is 0 Å². The average Bonchev–Trinajstić information content (AvgIpc) is 2.62. The van der Waals surface area contributed by atoms with Crippen molar-refractivity contribution in [3.8, 4) is 5.75 Å². The minimum atomic E-state index is -0.557. The molecule has 3 rings (SSSR count). The zero-order valence-electron chi connectivity index (χ0n) is 13.3. The number of hydrogen-bond acceptors (Lipinski definition) is 6. The van der Waals surface area contributed by atoms with Gasteiger partial charge in [-0.1, -0.05) is 41.4 Å². The first kappa shape index (κ1) is 17.9. The summed E-state index contributed by atoms with van der Waals surface area (Å²) in [6.45, 7) is 0.250. The summed E-state index contributed by atoms with van der Waals surface area (Å²) in [6.07, 6.45) is 2.92. The second-order valence-electron chi connectivity index (χ2n) is 5.10. The Morgan fingerprint density at radius 3 is 2.73 bits per heavy atom. The van der Waals surface area contributed by atoms with Crippen LogP contribution in [0.15, 0.2) is 58.6 Å². The molecule has 0 aliphatic heterocycles. The SMILES string of the molecule is O=c1nc(N/N=C/c2cccc(OCc3c(Cl)cccc3Cl)c2)cn[nH]1. The van der Waals surface area contributed by atoms with Gasteiger partial charge in [0.25, 0.3) is 0 Å². The predicted octanol–water partition coefficient (Wildman–Crippen LogP) is 3.50. The lowest BCUT2D eigenvalue weighted by molar-refractivity contribution is 0.306. The molecular weight excluding hydrogens is 377 g/mol. The summed E-state index contributed by atoms with van der Waals surface area (Å²) in [4.78, 5) is 14.7. The minimum Gasteiger partial charge on any atom is -0.489 e. The number of nitrogens with one attached hydrogen (secondary N) is 2. The lowest BCUT2D eigenvalue weighted by atomic mass is 10.2. The second-order valence-corrected chi connectivity index (χ2v) is 5.92. The van der Waals surface area contributed by atoms with E-state index in [1.165, 1.54) is 6.20 Å². The van der Waals surface area contributed by atoms with Gasteiger partial charge in [-0.3, -0.25) is 5.43 Å². The van der Waals surface area contributed by atoms with Crippen molar-refractivity contribution in [1.82, 2.24) is 15.2 Å². The largest absolute Gasteiger partial charge is 0.489 e. The molecule has 0 aliphatic rings. The molecule has 2 N–H and O–H groups in total.